The smallest absolute Gasteiger partial charge is 0.427 e. The summed E-state index contributed by atoms with van der Waals surface area (Å²) in [5.74, 6) is -0.763. The number of hydrogen-bond acceptors (Lipinski definition) is 6. The zero-order valence-electron chi connectivity index (χ0n) is 21.2. The van der Waals surface area contributed by atoms with Gasteiger partial charge in [0, 0.05) is 12.6 Å². The molecule has 1 saturated carbocycles. The van der Waals surface area contributed by atoms with Crippen molar-refractivity contribution in [1.82, 2.24) is 5.32 Å². The molecule has 0 unspecified atom stereocenters. The van der Waals surface area contributed by atoms with Gasteiger partial charge in [0.05, 0.1) is 23.2 Å². The lowest BCUT2D eigenvalue weighted by Gasteiger charge is -2.39. The molecule has 9 nitrogen and oxygen atoms in total. The highest BCUT2D eigenvalue weighted by molar-refractivity contribution is 7.92. The van der Waals surface area contributed by atoms with Crippen molar-refractivity contribution in [3.63, 3.8) is 0 Å². The number of anilines is 2. The Bertz CT molecular complexity index is 1360. The number of halogens is 4. The van der Waals surface area contributed by atoms with Gasteiger partial charge in [0.2, 0.25) is 11.5 Å². The Morgan fingerprint density at radius 2 is 1.74 bits per heavy atom. The number of sulfonamides is 1. The van der Waals surface area contributed by atoms with Gasteiger partial charge in [-0.2, -0.15) is 13.2 Å². The largest absolute Gasteiger partial charge is 0.484 e. The van der Waals surface area contributed by atoms with E-state index in [1.165, 1.54) is 25.1 Å². The molecule has 2 aromatic rings. The third-order valence-corrected chi connectivity index (χ3v) is 8.22. The van der Waals surface area contributed by atoms with Crippen LogP contribution in [0.2, 0.25) is 0 Å². The van der Waals surface area contributed by atoms with Crippen molar-refractivity contribution in [1.29, 1.82) is 0 Å². The second-order valence-corrected chi connectivity index (χ2v) is 11.8. The second kappa shape index (κ2) is 10.2. The number of rotatable bonds is 7. The maximum absolute atomic E-state index is 13.7. The van der Waals surface area contributed by atoms with Crippen molar-refractivity contribution in [3.05, 3.63) is 48.3 Å². The molecular formula is C25H27F4N3O6S. The fourth-order valence-electron chi connectivity index (χ4n) is 4.14. The average molecular weight is 574 g/mol. The van der Waals surface area contributed by atoms with E-state index in [9.17, 15) is 35.6 Å². The minimum atomic E-state index is -4.82. The molecule has 0 spiro atoms. The molecule has 1 fully saturated rings. The maximum Gasteiger partial charge on any atom is 0.427 e. The van der Waals surface area contributed by atoms with Crippen molar-refractivity contribution in [3.8, 4) is 5.75 Å². The van der Waals surface area contributed by atoms with E-state index in [1.807, 2.05) is 0 Å². The highest BCUT2D eigenvalue weighted by Crippen LogP contribution is 2.43. The summed E-state index contributed by atoms with van der Waals surface area (Å²) >= 11 is 0. The topological polar surface area (TPSA) is 114 Å². The fraction of sp³-hybridized carbons (Fsp3) is 0.440. The van der Waals surface area contributed by atoms with E-state index in [0.717, 1.165) is 41.4 Å². The lowest BCUT2D eigenvalue weighted by molar-refractivity contribution is -0.242. The molecule has 0 bridgehead atoms. The van der Waals surface area contributed by atoms with Gasteiger partial charge in [0.15, 0.2) is 0 Å². The van der Waals surface area contributed by atoms with Crippen LogP contribution in [0.5, 0.6) is 5.75 Å². The van der Waals surface area contributed by atoms with Crippen LogP contribution in [0, 0.1) is 11.7 Å². The minimum absolute atomic E-state index is 0.0131. The van der Waals surface area contributed by atoms with E-state index in [-0.39, 0.29) is 40.4 Å². The highest BCUT2D eigenvalue weighted by Gasteiger charge is 2.51. The number of carbonyl (C=O) groups is 2. The lowest BCUT2D eigenvalue weighted by Crippen LogP contribution is -2.55. The van der Waals surface area contributed by atoms with Gasteiger partial charge in [0.1, 0.15) is 17.7 Å². The monoisotopic (exact) mass is 573 g/mol. The van der Waals surface area contributed by atoms with E-state index in [0.29, 0.717) is 13.8 Å². The summed E-state index contributed by atoms with van der Waals surface area (Å²) in [5, 5.41) is 5.02. The summed E-state index contributed by atoms with van der Waals surface area (Å²) in [6.45, 7) is 2.49. The lowest BCUT2D eigenvalue weighted by atomic mass is 10.0. The number of nitrogens with zero attached hydrogens (tertiary/aromatic N) is 1. The molecule has 39 heavy (non-hydrogen) atoms. The van der Waals surface area contributed by atoms with Crippen LogP contribution in [0.25, 0.3) is 0 Å². The SMILES string of the molecule is CC(=O)N[C@@H](C1CC1)[C@H]1CN(S(=O)(=O)c2ccc(F)cc2)c2cc(NC(=O)OC(C)(C)C(F)(F)F)ccc2O1. The summed E-state index contributed by atoms with van der Waals surface area (Å²) in [6, 6.07) is 7.59. The predicted octanol–water partition coefficient (Wildman–Crippen LogP) is 4.59. The van der Waals surface area contributed by atoms with E-state index in [4.69, 9.17) is 4.74 Å². The van der Waals surface area contributed by atoms with E-state index >= 15 is 0 Å². The van der Waals surface area contributed by atoms with Crippen LogP contribution in [0.15, 0.2) is 47.4 Å². The number of ether oxygens (including phenoxy) is 2. The van der Waals surface area contributed by atoms with Gasteiger partial charge < -0.3 is 14.8 Å². The van der Waals surface area contributed by atoms with Crippen LogP contribution in [0.4, 0.5) is 33.7 Å². The van der Waals surface area contributed by atoms with Crippen LogP contribution >= 0.6 is 0 Å². The molecule has 0 radical (unpaired) electrons. The molecule has 4 rings (SSSR count). The average Bonchev–Trinajstić information content (AvgIpc) is 3.66. The molecule has 2 aliphatic rings. The van der Waals surface area contributed by atoms with Crippen molar-refractivity contribution in [2.75, 3.05) is 16.2 Å². The maximum atomic E-state index is 13.7. The van der Waals surface area contributed by atoms with E-state index in [1.54, 1.807) is 0 Å². The van der Waals surface area contributed by atoms with Crippen LogP contribution in [-0.4, -0.2) is 50.9 Å². The number of benzene rings is 2. The fourth-order valence-corrected chi connectivity index (χ4v) is 5.62. The first-order chi connectivity index (χ1) is 18.1. The molecule has 14 heteroatoms. The number of carbonyl (C=O) groups excluding carboxylic acids is 2. The van der Waals surface area contributed by atoms with Gasteiger partial charge in [0.25, 0.3) is 10.0 Å². The van der Waals surface area contributed by atoms with Gasteiger partial charge in [-0.05, 0) is 75.1 Å². The van der Waals surface area contributed by atoms with Gasteiger partial charge in [-0.1, -0.05) is 0 Å². The van der Waals surface area contributed by atoms with Crippen molar-refractivity contribution >= 4 is 33.4 Å². The van der Waals surface area contributed by atoms with Gasteiger partial charge in [-0.25, -0.2) is 17.6 Å². The first-order valence-electron chi connectivity index (χ1n) is 12.0. The third kappa shape index (κ3) is 6.21. The van der Waals surface area contributed by atoms with Crippen molar-refractivity contribution in [2.24, 2.45) is 5.92 Å². The number of alkyl halides is 3. The molecule has 0 saturated heterocycles. The van der Waals surface area contributed by atoms with Crippen LogP contribution < -0.4 is 19.7 Å². The van der Waals surface area contributed by atoms with Crippen LogP contribution in [-0.2, 0) is 19.6 Å². The van der Waals surface area contributed by atoms with Crippen LogP contribution in [0.1, 0.15) is 33.6 Å². The quantitative estimate of drug-likeness (QED) is 0.469. The predicted molar refractivity (Wildman–Crippen MR) is 132 cm³/mol. The first-order valence-corrected chi connectivity index (χ1v) is 13.5. The first kappa shape index (κ1) is 28.5. The molecule has 212 valence electrons. The Hall–Kier alpha value is -3.55. The number of nitrogens with one attached hydrogen (secondary N) is 2. The molecule has 2 aromatic carbocycles. The Labute approximate surface area is 222 Å². The van der Waals surface area contributed by atoms with E-state index in [2.05, 4.69) is 15.4 Å². The zero-order valence-corrected chi connectivity index (χ0v) is 22.0. The Morgan fingerprint density at radius 1 is 1.10 bits per heavy atom. The standard InChI is InChI=1S/C25H27F4N3O6S/c1-14(33)30-22(15-4-5-15)21-13-32(39(35,36)18-9-6-16(26)7-10-18)19-12-17(8-11-20(19)37-21)31-23(34)38-24(2,3)25(27,28)29/h6-12,15,21-22H,4-5,13H2,1-3H3,(H,30,33)(H,31,34)/t21-,22+/m1/s1. The Balaban J connectivity index is 1.69. The van der Waals surface area contributed by atoms with Gasteiger partial charge in [-0.3, -0.25) is 14.4 Å². The molecule has 1 aliphatic carbocycles. The number of hydrogen-bond donors (Lipinski definition) is 2. The Morgan fingerprint density at radius 3 is 2.31 bits per heavy atom. The molecule has 2 atom stereocenters. The molecular weight excluding hydrogens is 546 g/mol. The molecule has 2 amide bonds. The van der Waals surface area contributed by atoms with Crippen LogP contribution in [0.3, 0.4) is 0 Å². The molecule has 2 N–H and O–H groups in total. The molecule has 1 heterocycles. The summed E-state index contributed by atoms with van der Waals surface area (Å²) in [4.78, 5) is 23.9. The highest BCUT2D eigenvalue weighted by atomic mass is 32.2. The summed E-state index contributed by atoms with van der Waals surface area (Å²) in [5.41, 5.74) is -2.85. The number of fused-ring (bicyclic) bond motifs is 1. The van der Waals surface area contributed by atoms with Crippen molar-refractivity contribution < 1.29 is 45.0 Å². The third-order valence-electron chi connectivity index (χ3n) is 6.43. The Kier molecular flexibility index (Phi) is 7.45. The molecule has 1 aliphatic heterocycles. The number of amides is 2. The van der Waals surface area contributed by atoms with E-state index < -0.39 is 45.9 Å². The minimum Gasteiger partial charge on any atom is -0.484 e. The summed E-state index contributed by atoms with van der Waals surface area (Å²) in [7, 11) is -4.30. The normalized spacial score (nSPS) is 18.4. The summed E-state index contributed by atoms with van der Waals surface area (Å²) in [6.07, 6.45) is -5.36. The van der Waals surface area contributed by atoms with Gasteiger partial charge >= 0.3 is 12.3 Å². The molecule has 0 aromatic heterocycles. The summed E-state index contributed by atoms with van der Waals surface area (Å²) < 4.78 is 91.9. The second-order valence-electron chi connectivity index (χ2n) is 9.92. The van der Waals surface area contributed by atoms with Gasteiger partial charge in [-0.15, -0.1) is 0 Å². The van der Waals surface area contributed by atoms with Crippen molar-refractivity contribution in [2.45, 2.75) is 62.4 Å². The zero-order chi connectivity index (χ0) is 28.8.